The zero-order chi connectivity index (χ0) is 19.1. The molecule has 4 atom stereocenters. The highest BCUT2D eigenvalue weighted by Crippen LogP contribution is 2.31. The van der Waals surface area contributed by atoms with Crippen LogP contribution in [0.2, 0.25) is 0 Å². The summed E-state index contributed by atoms with van der Waals surface area (Å²) in [5.74, 6) is -6.89. The van der Waals surface area contributed by atoms with Gasteiger partial charge in [-0.1, -0.05) is 25.7 Å². The van der Waals surface area contributed by atoms with E-state index in [1.165, 1.54) is 0 Å². The fourth-order valence-corrected chi connectivity index (χ4v) is 3.89. The molecule has 0 amide bonds. The highest BCUT2D eigenvalue weighted by Gasteiger charge is 2.34. The Morgan fingerprint density at radius 3 is 1.23 bits per heavy atom. The first-order valence-electron chi connectivity index (χ1n) is 9.16. The van der Waals surface area contributed by atoms with Crippen LogP contribution in [0.4, 0.5) is 0 Å². The SMILES string of the molecule is O=C([O-])[C@H]1CCCC[C@H]1C(=O)OCCOC(=O)[C@@H]1CCCC[C@H]1C(=O)[O-]. The van der Waals surface area contributed by atoms with Gasteiger partial charge in [0.25, 0.3) is 0 Å². The Labute approximate surface area is 151 Å². The van der Waals surface area contributed by atoms with Crippen molar-refractivity contribution in [2.75, 3.05) is 13.2 Å². The van der Waals surface area contributed by atoms with Crippen molar-refractivity contribution in [1.29, 1.82) is 0 Å². The van der Waals surface area contributed by atoms with Crippen LogP contribution in [0.5, 0.6) is 0 Å². The van der Waals surface area contributed by atoms with Crippen LogP contribution in [0.3, 0.4) is 0 Å². The third kappa shape index (κ3) is 5.19. The maximum atomic E-state index is 12.1. The zero-order valence-corrected chi connectivity index (χ0v) is 14.6. The normalized spacial score (nSPS) is 28.8. The molecule has 0 unspecified atom stereocenters. The third-order valence-electron chi connectivity index (χ3n) is 5.31. The highest BCUT2D eigenvalue weighted by atomic mass is 16.6. The fourth-order valence-electron chi connectivity index (χ4n) is 3.89. The van der Waals surface area contributed by atoms with E-state index in [9.17, 15) is 29.4 Å². The molecule has 0 aliphatic heterocycles. The van der Waals surface area contributed by atoms with E-state index in [0.29, 0.717) is 25.7 Å². The Balaban J connectivity index is 1.75. The predicted octanol–water partition coefficient (Wildman–Crippen LogP) is -0.815. The molecule has 2 aliphatic rings. The zero-order valence-electron chi connectivity index (χ0n) is 14.6. The first kappa shape index (κ1) is 20.2. The summed E-state index contributed by atoms with van der Waals surface area (Å²) in [6, 6.07) is 0. The molecule has 0 saturated heterocycles. The van der Waals surface area contributed by atoms with Gasteiger partial charge in [-0.3, -0.25) is 9.59 Å². The lowest BCUT2D eigenvalue weighted by molar-refractivity contribution is -0.315. The van der Waals surface area contributed by atoms with Crippen LogP contribution in [-0.4, -0.2) is 37.1 Å². The van der Waals surface area contributed by atoms with Gasteiger partial charge in [-0.2, -0.15) is 0 Å². The fraction of sp³-hybridized carbons (Fsp3) is 0.778. The number of carboxylic acids is 2. The highest BCUT2D eigenvalue weighted by molar-refractivity contribution is 5.81. The van der Waals surface area contributed by atoms with Crippen LogP contribution in [-0.2, 0) is 28.7 Å². The third-order valence-corrected chi connectivity index (χ3v) is 5.31. The van der Waals surface area contributed by atoms with E-state index in [1.807, 2.05) is 0 Å². The molecule has 0 aromatic heterocycles. The molecule has 0 radical (unpaired) electrons. The Bertz CT molecular complexity index is 495. The molecule has 0 heterocycles. The molecule has 146 valence electrons. The number of ether oxygens (including phenoxy) is 2. The molecule has 0 aromatic rings. The van der Waals surface area contributed by atoms with Gasteiger partial charge in [-0.25, -0.2) is 0 Å². The molecule has 0 aromatic carbocycles. The summed E-state index contributed by atoms with van der Waals surface area (Å²) in [5, 5.41) is 22.2. The summed E-state index contributed by atoms with van der Waals surface area (Å²) in [6.07, 6.45) is 4.64. The maximum Gasteiger partial charge on any atom is 0.309 e. The van der Waals surface area contributed by atoms with E-state index < -0.39 is 47.5 Å². The van der Waals surface area contributed by atoms with E-state index in [4.69, 9.17) is 9.47 Å². The van der Waals surface area contributed by atoms with Crippen molar-refractivity contribution in [3.8, 4) is 0 Å². The lowest BCUT2D eigenvalue weighted by Gasteiger charge is -2.31. The van der Waals surface area contributed by atoms with Crippen LogP contribution in [0, 0.1) is 23.7 Å². The Morgan fingerprint density at radius 2 is 0.923 bits per heavy atom. The summed E-state index contributed by atoms with van der Waals surface area (Å²) in [5.41, 5.74) is 0. The Morgan fingerprint density at radius 1 is 0.615 bits per heavy atom. The van der Waals surface area contributed by atoms with Gasteiger partial charge in [0.1, 0.15) is 13.2 Å². The Kier molecular flexibility index (Phi) is 7.41. The average Bonchev–Trinajstić information content (AvgIpc) is 2.64. The van der Waals surface area contributed by atoms with E-state index in [2.05, 4.69) is 0 Å². The number of esters is 2. The summed E-state index contributed by atoms with van der Waals surface area (Å²) >= 11 is 0. The smallest absolute Gasteiger partial charge is 0.309 e. The van der Waals surface area contributed by atoms with Crippen molar-refractivity contribution in [3.05, 3.63) is 0 Å². The van der Waals surface area contributed by atoms with Crippen molar-refractivity contribution in [2.24, 2.45) is 23.7 Å². The van der Waals surface area contributed by atoms with E-state index in [0.717, 1.165) is 25.7 Å². The molecular formula is C18H24O8-2. The number of carboxylic acid groups (broad SMARTS) is 2. The topological polar surface area (TPSA) is 133 Å². The maximum absolute atomic E-state index is 12.1. The molecule has 0 bridgehead atoms. The summed E-state index contributed by atoms with van der Waals surface area (Å²) < 4.78 is 10.1. The summed E-state index contributed by atoms with van der Waals surface area (Å²) in [4.78, 5) is 46.3. The van der Waals surface area contributed by atoms with E-state index >= 15 is 0 Å². The van der Waals surface area contributed by atoms with Crippen molar-refractivity contribution in [1.82, 2.24) is 0 Å². The van der Waals surface area contributed by atoms with Gasteiger partial charge in [-0.05, 0) is 25.7 Å². The van der Waals surface area contributed by atoms with Gasteiger partial charge in [0.15, 0.2) is 0 Å². The van der Waals surface area contributed by atoms with Crippen molar-refractivity contribution in [3.63, 3.8) is 0 Å². The molecule has 0 spiro atoms. The minimum absolute atomic E-state index is 0.191. The minimum Gasteiger partial charge on any atom is -0.550 e. The van der Waals surface area contributed by atoms with Crippen molar-refractivity contribution in [2.45, 2.75) is 51.4 Å². The number of hydrogen-bond donors (Lipinski definition) is 0. The number of carbonyl (C=O) groups is 4. The monoisotopic (exact) mass is 368 g/mol. The molecule has 8 heteroatoms. The molecular weight excluding hydrogens is 344 g/mol. The molecule has 2 aliphatic carbocycles. The second-order valence-corrected chi connectivity index (χ2v) is 6.97. The van der Waals surface area contributed by atoms with Gasteiger partial charge in [0, 0.05) is 23.8 Å². The van der Waals surface area contributed by atoms with Crippen LogP contribution in [0.15, 0.2) is 0 Å². The number of carbonyl (C=O) groups excluding carboxylic acids is 4. The summed E-state index contributed by atoms with van der Waals surface area (Å²) in [6.45, 7) is -0.382. The van der Waals surface area contributed by atoms with E-state index in [1.54, 1.807) is 0 Å². The van der Waals surface area contributed by atoms with Gasteiger partial charge < -0.3 is 29.3 Å². The second-order valence-electron chi connectivity index (χ2n) is 6.97. The molecule has 8 nitrogen and oxygen atoms in total. The van der Waals surface area contributed by atoms with Crippen LogP contribution >= 0.6 is 0 Å². The van der Waals surface area contributed by atoms with Gasteiger partial charge in [0.05, 0.1) is 11.8 Å². The average molecular weight is 368 g/mol. The molecule has 26 heavy (non-hydrogen) atoms. The molecule has 2 saturated carbocycles. The van der Waals surface area contributed by atoms with Crippen molar-refractivity contribution >= 4 is 23.9 Å². The van der Waals surface area contributed by atoms with Gasteiger partial charge in [0.2, 0.25) is 0 Å². The lowest BCUT2D eigenvalue weighted by Crippen LogP contribution is -2.42. The number of rotatable bonds is 7. The van der Waals surface area contributed by atoms with Gasteiger partial charge >= 0.3 is 11.9 Å². The van der Waals surface area contributed by atoms with Crippen LogP contribution in [0.25, 0.3) is 0 Å². The number of aliphatic carboxylic acids is 2. The minimum atomic E-state index is -1.25. The molecule has 2 fully saturated rings. The quantitative estimate of drug-likeness (QED) is 0.421. The first-order valence-corrected chi connectivity index (χ1v) is 9.16. The lowest BCUT2D eigenvalue weighted by atomic mass is 9.79. The summed E-state index contributed by atoms with van der Waals surface area (Å²) in [7, 11) is 0. The van der Waals surface area contributed by atoms with Crippen molar-refractivity contribution < 1.29 is 38.9 Å². The van der Waals surface area contributed by atoms with E-state index in [-0.39, 0.29) is 13.2 Å². The largest absolute Gasteiger partial charge is 0.550 e. The molecule has 2 rings (SSSR count). The standard InChI is InChI=1S/C18H26O8/c19-15(20)11-5-1-3-7-13(11)17(23)25-9-10-26-18(24)14-8-4-2-6-12(14)16(21)22/h11-14H,1-10H2,(H,19,20)(H,21,22)/p-2/t11-,12+,13-,14-/m1/s1. The van der Waals surface area contributed by atoms with Crippen LogP contribution < -0.4 is 10.2 Å². The van der Waals surface area contributed by atoms with Crippen LogP contribution in [0.1, 0.15) is 51.4 Å². The molecule has 0 N–H and O–H groups in total. The van der Waals surface area contributed by atoms with Gasteiger partial charge in [-0.15, -0.1) is 0 Å². The Hall–Kier alpha value is -2.12. The predicted molar refractivity (Wildman–Crippen MR) is 82.8 cm³/mol. The number of hydrogen-bond acceptors (Lipinski definition) is 8. The second kappa shape index (κ2) is 9.54. The first-order chi connectivity index (χ1) is 12.4.